The minimum absolute atomic E-state index is 0.196. The molecule has 0 bridgehead atoms. The summed E-state index contributed by atoms with van der Waals surface area (Å²) in [4.78, 5) is 0. The predicted molar refractivity (Wildman–Crippen MR) is 82.6 cm³/mol. The van der Waals surface area contributed by atoms with Gasteiger partial charge in [0.25, 0.3) is 0 Å². The van der Waals surface area contributed by atoms with Crippen LogP contribution in [-0.4, -0.2) is 21.0 Å². The Kier molecular flexibility index (Phi) is 4.71. The lowest BCUT2D eigenvalue weighted by Gasteiger charge is -2.51. The largest absolute Gasteiger partial charge is 0.415 e. The molecule has 0 spiro atoms. The first-order valence-electron chi connectivity index (χ1n) is 7.32. The molecule has 2 unspecified atom stereocenters. The van der Waals surface area contributed by atoms with Gasteiger partial charge < -0.3 is 4.43 Å². The maximum absolute atomic E-state index is 6.67. The van der Waals surface area contributed by atoms with Gasteiger partial charge in [0.05, 0.1) is 13.2 Å². The molecule has 1 fully saturated rings. The van der Waals surface area contributed by atoms with Gasteiger partial charge in [-0.15, -0.1) is 0 Å². The van der Waals surface area contributed by atoms with Crippen LogP contribution in [0.1, 0.15) is 46.5 Å². The summed E-state index contributed by atoms with van der Waals surface area (Å²) in [6, 6.07) is 1.48. The molecule has 1 aliphatic heterocycles. The molecule has 1 saturated heterocycles. The molecule has 0 aliphatic carbocycles. The molecule has 0 aromatic rings. The second-order valence-electron chi connectivity index (χ2n) is 7.50. The van der Waals surface area contributed by atoms with Gasteiger partial charge in [-0.3, -0.25) is 0 Å². The van der Waals surface area contributed by atoms with E-state index in [-0.39, 0.29) is 5.60 Å². The first-order valence-corrected chi connectivity index (χ1v) is 14.4. The SMILES string of the molecule is CCC(C)CCC1(C)CC[Si](C)(C)[Si](C)(C)O1. The van der Waals surface area contributed by atoms with Crippen LogP contribution in [0.25, 0.3) is 0 Å². The summed E-state index contributed by atoms with van der Waals surface area (Å²) in [6.07, 6.45) is 5.21. The minimum Gasteiger partial charge on any atom is -0.415 e. The fourth-order valence-electron chi connectivity index (χ4n) is 2.62. The van der Waals surface area contributed by atoms with Crippen molar-refractivity contribution < 1.29 is 4.43 Å². The highest BCUT2D eigenvalue weighted by atomic mass is 29.3. The third kappa shape index (κ3) is 3.68. The summed E-state index contributed by atoms with van der Waals surface area (Å²) in [6.45, 7) is 17.0. The molecular weight excluding hydrogens is 240 g/mol. The van der Waals surface area contributed by atoms with Crippen LogP contribution in [0.4, 0.5) is 0 Å². The van der Waals surface area contributed by atoms with Gasteiger partial charge in [0.15, 0.2) is 7.83 Å². The first kappa shape index (κ1) is 15.5. The Labute approximate surface area is 110 Å². The van der Waals surface area contributed by atoms with Gasteiger partial charge in [0.1, 0.15) is 0 Å². The van der Waals surface area contributed by atoms with Crippen molar-refractivity contribution in [3.63, 3.8) is 0 Å². The molecule has 1 heterocycles. The minimum atomic E-state index is -1.40. The number of hydrogen-bond acceptors (Lipinski definition) is 1. The van der Waals surface area contributed by atoms with Gasteiger partial charge in [-0.05, 0) is 45.2 Å². The van der Waals surface area contributed by atoms with Gasteiger partial charge >= 0.3 is 0 Å². The van der Waals surface area contributed by atoms with Crippen molar-refractivity contribution >= 4 is 15.4 Å². The summed E-state index contributed by atoms with van der Waals surface area (Å²) in [7, 11) is -2.45. The van der Waals surface area contributed by atoms with E-state index >= 15 is 0 Å². The number of hydrogen-bond donors (Lipinski definition) is 0. The second-order valence-corrected chi connectivity index (χ2v) is 22.7. The van der Waals surface area contributed by atoms with Crippen molar-refractivity contribution in [2.75, 3.05) is 0 Å². The lowest BCUT2D eigenvalue weighted by molar-refractivity contribution is 0.0569. The summed E-state index contributed by atoms with van der Waals surface area (Å²) in [5.74, 6) is 0.854. The van der Waals surface area contributed by atoms with E-state index in [4.69, 9.17) is 4.43 Å². The average Bonchev–Trinajstić information content (AvgIpc) is 2.21. The first-order chi connectivity index (χ1) is 7.62. The van der Waals surface area contributed by atoms with Crippen molar-refractivity contribution in [1.29, 1.82) is 0 Å². The van der Waals surface area contributed by atoms with Crippen LogP contribution in [0.5, 0.6) is 0 Å². The normalized spacial score (nSPS) is 33.4. The van der Waals surface area contributed by atoms with Crippen LogP contribution in [0.2, 0.25) is 32.2 Å². The van der Waals surface area contributed by atoms with E-state index in [1.807, 2.05) is 0 Å². The molecular formula is C14H32OSi2. The highest BCUT2D eigenvalue weighted by Gasteiger charge is 2.51. The second kappa shape index (κ2) is 5.18. The van der Waals surface area contributed by atoms with Gasteiger partial charge in [0, 0.05) is 0 Å². The molecule has 102 valence electrons. The van der Waals surface area contributed by atoms with Crippen LogP contribution in [0, 0.1) is 5.92 Å². The molecule has 0 saturated carbocycles. The fourth-order valence-corrected chi connectivity index (χ4v) is 9.83. The molecule has 0 aromatic heterocycles. The average molecular weight is 273 g/mol. The molecule has 0 N–H and O–H groups in total. The quantitative estimate of drug-likeness (QED) is 0.656. The third-order valence-corrected chi connectivity index (χ3v) is 21.9. The number of rotatable bonds is 4. The van der Waals surface area contributed by atoms with E-state index in [1.54, 1.807) is 0 Å². The molecule has 17 heavy (non-hydrogen) atoms. The topological polar surface area (TPSA) is 9.23 Å². The molecule has 1 aliphatic rings. The van der Waals surface area contributed by atoms with Gasteiger partial charge in [-0.2, -0.15) is 0 Å². The molecule has 1 nitrogen and oxygen atoms in total. The zero-order valence-corrected chi connectivity index (χ0v) is 15.0. The van der Waals surface area contributed by atoms with Crippen LogP contribution < -0.4 is 0 Å². The zero-order valence-electron chi connectivity index (χ0n) is 13.0. The lowest BCUT2D eigenvalue weighted by atomic mass is 9.91. The van der Waals surface area contributed by atoms with E-state index < -0.39 is 15.4 Å². The third-order valence-electron chi connectivity index (χ3n) is 5.27. The Bertz CT molecular complexity index is 263. The van der Waals surface area contributed by atoms with Crippen LogP contribution >= 0.6 is 0 Å². The van der Waals surface area contributed by atoms with Gasteiger partial charge in [-0.1, -0.05) is 39.4 Å². The molecule has 2 atom stereocenters. The van der Waals surface area contributed by atoms with E-state index in [0.717, 1.165) is 5.92 Å². The van der Waals surface area contributed by atoms with E-state index in [9.17, 15) is 0 Å². The highest BCUT2D eigenvalue weighted by molar-refractivity contribution is 7.38. The Morgan fingerprint density at radius 2 is 1.82 bits per heavy atom. The van der Waals surface area contributed by atoms with Crippen molar-refractivity contribution in [3.05, 3.63) is 0 Å². The Morgan fingerprint density at radius 3 is 2.29 bits per heavy atom. The van der Waals surface area contributed by atoms with E-state index in [0.29, 0.717) is 0 Å². The van der Waals surface area contributed by atoms with Gasteiger partial charge in [0.2, 0.25) is 0 Å². The van der Waals surface area contributed by atoms with E-state index in [2.05, 4.69) is 47.0 Å². The van der Waals surface area contributed by atoms with Crippen LogP contribution in [0.3, 0.4) is 0 Å². The fraction of sp³-hybridized carbons (Fsp3) is 1.00. The zero-order chi connectivity index (χ0) is 13.3. The Hall–Kier alpha value is 0.394. The smallest absolute Gasteiger partial charge is 0.174 e. The van der Waals surface area contributed by atoms with Crippen molar-refractivity contribution in [2.45, 2.75) is 84.3 Å². The van der Waals surface area contributed by atoms with Crippen LogP contribution in [0.15, 0.2) is 0 Å². The Balaban J connectivity index is 2.62. The maximum Gasteiger partial charge on any atom is 0.174 e. The summed E-state index contributed by atoms with van der Waals surface area (Å²) in [5.41, 5.74) is 0.196. The predicted octanol–water partition coefficient (Wildman–Crippen LogP) is 4.98. The monoisotopic (exact) mass is 272 g/mol. The molecule has 0 aromatic carbocycles. The summed E-state index contributed by atoms with van der Waals surface area (Å²) in [5, 5.41) is 0. The summed E-state index contributed by atoms with van der Waals surface area (Å²) >= 11 is 0. The molecule has 0 radical (unpaired) electrons. The van der Waals surface area contributed by atoms with Crippen molar-refractivity contribution in [1.82, 2.24) is 0 Å². The van der Waals surface area contributed by atoms with Crippen LogP contribution in [-0.2, 0) is 4.43 Å². The Morgan fingerprint density at radius 1 is 1.24 bits per heavy atom. The van der Waals surface area contributed by atoms with Crippen molar-refractivity contribution in [2.24, 2.45) is 5.92 Å². The van der Waals surface area contributed by atoms with Crippen molar-refractivity contribution in [3.8, 4) is 0 Å². The molecule has 0 amide bonds. The summed E-state index contributed by atoms with van der Waals surface area (Å²) < 4.78 is 6.67. The molecule has 1 rings (SSSR count). The highest BCUT2D eigenvalue weighted by Crippen LogP contribution is 2.41. The maximum atomic E-state index is 6.67. The molecule has 3 heteroatoms. The van der Waals surface area contributed by atoms with Gasteiger partial charge in [-0.25, -0.2) is 0 Å². The lowest BCUT2D eigenvalue weighted by Crippen LogP contribution is -2.64. The van der Waals surface area contributed by atoms with E-state index in [1.165, 1.54) is 31.7 Å². The standard InChI is InChI=1S/C14H32OSi2/c1-8-13(2)9-10-14(3)11-12-16(4,5)17(6,7)15-14/h13H,8-12H2,1-7H3.